The number of pyridine rings is 1. The number of nitrogens with one attached hydrogen (secondary N) is 1. The maximum Gasteiger partial charge on any atom is 0.318 e. The van der Waals surface area contributed by atoms with Crippen molar-refractivity contribution in [2.75, 3.05) is 31.2 Å². The van der Waals surface area contributed by atoms with Gasteiger partial charge >= 0.3 is 6.03 Å². The van der Waals surface area contributed by atoms with E-state index in [-0.39, 0.29) is 6.03 Å². The van der Waals surface area contributed by atoms with Crippen LogP contribution < -0.4 is 10.2 Å². The Kier molecular flexibility index (Phi) is 5.36. The van der Waals surface area contributed by atoms with Gasteiger partial charge in [-0.1, -0.05) is 12.1 Å². The third-order valence-electron chi connectivity index (χ3n) is 4.76. The first-order valence-electron chi connectivity index (χ1n) is 9.15. The van der Waals surface area contributed by atoms with Crippen molar-refractivity contribution in [2.45, 2.75) is 32.0 Å². The number of urea groups is 1. The number of rotatable bonds is 6. The lowest BCUT2D eigenvalue weighted by molar-refractivity contribution is 0.122. The van der Waals surface area contributed by atoms with Crippen molar-refractivity contribution in [3.05, 3.63) is 46.3 Å². The van der Waals surface area contributed by atoms with Crippen molar-refractivity contribution in [1.29, 1.82) is 0 Å². The molecule has 1 saturated carbocycles. The van der Waals surface area contributed by atoms with E-state index >= 15 is 0 Å². The molecule has 2 aromatic heterocycles. The molecule has 1 saturated heterocycles. The second-order valence-electron chi connectivity index (χ2n) is 6.68. The summed E-state index contributed by atoms with van der Waals surface area (Å²) in [6.45, 7) is 4.30. The molecule has 26 heavy (non-hydrogen) atoms. The Hall–Kier alpha value is -2.12. The average molecular weight is 372 g/mol. The molecule has 2 amide bonds. The van der Waals surface area contributed by atoms with Crippen LogP contribution in [0.5, 0.6) is 0 Å². The minimum atomic E-state index is 0.0117. The zero-order valence-corrected chi connectivity index (χ0v) is 15.6. The Morgan fingerprint density at radius 3 is 2.88 bits per heavy atom. The van der Waals surface area contributed by atoms with Crippen LogP contribution in [0.15, 0.2) is 35.8 Å². The van der Waals surface area contributed by atoms with Crippen molar-refractivity contribution in [3.8, 4) is 0 Å². The maximum atomic E-state index is 12.8. The number of morpholine rings is 1. The highest BCUT2D eigenvalue weighted by Crippen LogP contribution is 2.29. The van der Waals surface area contributed by atoms with Gasteiger partial charge < -0.3 is 19.9 Å². The topological polar surface area (TPSA) is 57.7 Å². The lowest BCUT2D eigenvalue weighted by Crippen LogP contribution is -2.41. The van der Waals surface area contributed by atoms with Crippen molar-refractivity contribution < 1.29 is 9.53 Å². The van der Waals surface area contributed by atoms with E-state index in [1.54, 1.807) is 11.3 Å². The summed E-state index contributed by atoms with van der Waals surface area (Å²) in [6, 6.07) is 8.48. The molecule has 1 aliphatic carbocycles. The molecule has 0 atom stereocenters. The second-order valence-corrected chi connectivity index (χ2v) is 7.71. The highest BCUT2D eigenvalue weighted by Gasteiger charge is 2.32. The molecule has 4 rings (SSSR count). The van der Waals surface area contributed by atoms with Crippen LogP contribution in [0.1, 0.15) is 23.3 Å². The molecular formula is C19H24N4O2S. The average Bonchev–Trinajstić information content (AvgIpc) is 3.40. The number of anilines is 1. The standard InChI is InChI=1S/C19H24N4O2S/c24-19(23(16-5-6-16)14-17-4-2-12-26-17)21-13-15-3-1-7-20-18(15)22-8-10-25-11-9-22/h1-4,7,12,16H,5-6,8-11,13-14H2,(H,21,24). The number of nitrogens with zero attached hydrogens (tertiary/aromatic N) is 3. The quantitative estimate of drug-likeness (QED) is 0.847. The van der Waals surface area contributed by atoms with E-state index in [0.29, 0.717) is 19.1 Å². The largest absolute Gasteiger partial charge is 0.378 e. The minimum Gasteiger partial charge on any atom is -0.378 e. The number of aromatic nitrogens is 1. The molecule has 3 heterocycles. The van der Waals surface area contributed by atoms with Crippen LogP contribution in [0.25, 0.3) is 0 Å². The molecule has 1 aliphatic heterocycles. The van der Waals surface area contributed by atoms with Crippen LogP contribution in [0, 0.1) is 0 Å². The number of thiophene rings is 1. The molecule has 7 heteroatoms. The van der Waals surface area contributed by atoms with Gasteiger partial charge in [0, 0.05) is 42.3 Å². The highest BCUT2D eigenvalue weighted by atomic mass is 32.1. The predicted molar refractivity (Wildman–Crippen MR) is 102 cm³/mol. The third-order valence-corrected chi connectivity index (χ3v) is 5.62. The molecule has 0 radical (unpaired) electrons. The fraction of sp³-hybridized carbons (Fsp3) is 0.474. The summed E-state index contributed by atoms with van der Waals surface area (Å²) in [4.78, 5) is 22.7. The van der Waals surface area contributed by atoms with E-state index < -0.39 is 0 Å². The fourth-order valence-electron chi connectivity index (χ4n) is 3.22. The molecule has 0 spiro atoms. The third kappa shape index (κ3) is 4.16. The SMILES string of the molecule is O=C(NCc1cccnc1N1CCOCC1)N(Cc1cccs1)C1CC1. The van der Waals surface area contributed by atoms with Gasteiger partial charge in [0.1, 0.15) is 5.82 Å². The van der Waals surface area contributed by atoms with Gasteiger partial charge in [-0.25, -0.2) is 9.78 Å². The van der Waals surface area contributed by atoms with Crippen molar-refractivity contribution in [3.63, 3.8) is 0 Å². The number of amides is 2. The summed E-state index contributed by atoms with van der Waals surface area (Å²) >= 11 is 1.70. The van der Waals surface area contributed by atoms with Gasteiger partial charge in [-0.2, -0.15) is 0 Å². The molecule has 0 bridgehead atoms. The molecule has 0 unspecified atom stereocenters. The highest BCUT2D eigenvalue weighted by molar-refractivity contribution is 7.09. The summed E-state index contributed by atoms with van der Waals surface area (Å²) in [5.41, 5.74) is 1.05. The van der Waals surface area contributed by atoms with E-state index in [4.69, 9.17) is 4.74 Å². The van der Waals surface area contributed by atoms with Crippen molar-refractivity contribution in [1.82, 2.24) is 15.2 Å². The second kappa shape index (κ2) is 8.05. The van der Waals surface area contributed by atoms with Gasteiger partial charge in [-0.05, 0) is 30.4 Å². The van der Waals surface area contributed by atoms with Crippen molar-refractivity contribution >= 4 is 23.2 Å². The lowest BCUT2D eigenvalue weighted by Gasteiger charge is -2.29. The molecule has 6 nitrogen and oxygen atoms in total. The zero-order valence-electron chi connectivity index (χ0n) is 14.8. The zero-order chi connectivity index (χ0) is 17.8. The van der Waals surface area contributed by atoms with Crippen LogP contribution in [0.2, 0.25) is 0 Å². The number of carbonyl (C=O) groups is 1. The van der Waals surface area contributed by atoms with E-state index in [0.717, 1.165) is 50.5 Å². The summed E-state index contributed by atoms with van der Waals surface area (Å²) in [5.74, 6) is 0.951. The molecule has 2 aliphatic rings. The summed E-state index contributed by atoms with van der Waals surface area (Å²) in [5, 5.41) is 5.16. The van der Waals surface area contributed by atoms with Crippen LogP contribution >= 0.6 is 11.3 Å². The van der Waals surface area contributed by atoms with E-state index in [2.05, 4.69) is 26.6 Å². The van der Waals surface area contributed by atoms with Crippen LogP contribution in [-0.4, -0.2) is 48.3 Å². The summed E-state index contributed by atoms with van der Waals surface area (Å²) in [6.07, 6.45) is 4.01. The Bertz CT molecular complexity index is 727. The first kappa shape index (κ1) is 17.3. The van der Waals surface area contributed by atoms with Gasteiger partial charge in [0.05, 0.1) is 19.8 Å². The molecule has 2 aromatic rings. The summed E-state index contributed by atoms with van der Waals surface area (Å²) in [7, 11) is 0. The van der Waals surface area contributed by atoms with Gasteiger partial charge in [0.25, 0.3) is 0 Å². The molecule has 138 valence electrons. The first-order valence-corrected chi connectivity index (χ1v) is 10.0. The fourth-order valence-corrected chi connectivity index (χ4v) is 3.93. The monoisotopic (exact) mass is 372 g/mol. The molecule has 1 N–H and O–H groups in total. The van der Waals surface area contributed by atoms with Crippen LogP contribution in [0.3, 0.4) is 0 Å². The van der Waals surface area contributed by atoms with Gasteiger partial charge in [0.2, 0.25) is 0 Å². The van der Waals surface area contributed by atoms with Crippen LogP contribution in [0.4, 0.5) is 10.6 Å². The number of ether oxygens (including phenoxy) is 1. The van der Waals surface area contributed by atoms with E-state index in [9.17, 15) is 4.79 Å². The van der Waals surface area contributed by atoms with Gasteiger partial charge in [0.15, 0.2) is 0 Å². The molecular weight excluding hydrogens is 348 g/mol. The smallest absolute Gasteiger partial charge is 0.318 e. The van der Waals surface area contributed by atoms with Crippen LogP contribution in [-0.2, 0) is 17.8 Å². The predicted octanol–water partition coefficient (Wildman–Crippen LogP) is 2.85. The maximum absolute atomic E-state index is 12.8. The van der Waals surface area contributed by atoms with E-state index in [1.807, 2.05) is 29.3 Å². The Morgan fingerprint density at radius 2 is 2.15 bits per heavy atom. The first-order chi connectivity index (χ1) is 12.8. The van der Waals surface area contributed by atoms with Gasteiger partial charge in [-0.15, -0.1) is 11.3 Å². The molecule has 2 fully saturated rings. The Labute approximate surface area is 157 Å². The van der Waals surface area contributed by atoms with Crippen molar-refractivity contribution in [2.24, 2.45) is 0 Å². The number of hydrogen-bond donors (Lipinski definition) is 1. The number of carbonyl (C=O) groups excluding carboxylic acids is 1. The lowest BCUT2D eigenvalue weighted by atomic mass is 10.2. The molecule has 0 aromatic carbocycles. The Balaban J connectivity index is 1.40. The van der Waals surface area contributed by atoms with E-state index in [1.165, 1.54) is 4.88 Å². The Morgan fingerprint density at radius 1 is 1.31 bits per heavy atom. The normalized spacial score (nSPS) is 17.2. The number of hydrogen-bond acceptors (Lipinski definition) is 5. The minimum absolute atomic E-state index is 0.0117. The van der Waals surface area contributed by atoms with Gasteiger partial charge in [-0.3, -0.25) is 0 Å². The summed E-state index contributed by atoms with van der Waals surface area (Å²) < 4.78 is 5.43.